The van der Waals surface area contributed by atoms with Crippen LogP contribution >= 0.6 is 15.9 Å². The second kappa shape index (κ2) is 10.8. The summed E-state index contributed by atoms with van der Waals surface area (Å²) in [5.74, 6) is 0.372. The Labute approximate surface area is 163 Å². The molecular formula is C21H25BrN2O2. The first kappa shape index (κ1) is 20.2. The summed E-state index contributed by atoms with van der Waals surface area (Å²) >= 11 is 3.48. The largest absolute Gasteiger partial charge is 0.483 e. The molecule has 0 heterocycles. The summed E-state index contributed by atoms with van der Waals surface area (Å²) in [6.07, 6.45) is 3.88. The molecule has 26 heavy (non-hydrogen) atoms. The van der Waals surface area contributed by atoms with Gasteiger partial charge in [-0.3, -0.25) is 4.79 Å². The van der Waals surface area contributed by atoms with E-state index in [1.54, 1.807) is 0 Å². The van der Waals surface area contributed by atoms with Gasteiger partial charge in [-0.2, -0.15) is 5.10 Å². The maximum atomic E-state index is 12.1. The van der Waals surface area contributed by atoms with E-state index >= 15 is 0 Å². The zero-order valence-electron chi connectivity index (χ0n) is 15.3. The topological polar surface area (TPSA) is 50.7 Å². The molecule has 0 fully saturated rings. The number of carbonyl (C=O) groups excluding carboxylic acids is 1. The number of unbranched alkanes of at least 4 members (excludes halogenated alkanes) is 1. The number of aryl methyl sites for hydroxylation is 1. The zero-order chi connectivity index (χ0) is 18.8. The van der Waals surface area contributed by atoms with Crippen LogP contribution in [0.15, 0.2) is 58.1 Å². The molecular weight excluding hydrogens is 392 g/mol. The molecule has 138 valence electrons. The van der Waals surface area contributed by atoms with Crippen molar-refractivity contribution >= 4 is 27.5 Å². The molecule has 1 N–H and O–H groups in total. The molecule has 1 amide bonds. The lowest BCUT2D eigenvalue weighted by atomic mass is 10.1. The van der Waals surface area contributed by atoms with Gasteiger partial charge in [-0.1, -0.05) is 56.7 Å². The van der Waals surface area contributed by atoms with Crippen molar-refractivity contribution in [1.29, 1.82) is 0 Å². The molecule has 0 atom stereocenters. The van der Waals surface area contributed by atoms with Gasteiger partial charge < -0.3 is 4.74 Å². The summed E-state index contributed by atoms with van der Waals surface area (Å²) in [5, 5.41) is 4.32. The number of ether oxygens (including phenoxy) is 1. The highest BCUT2D eigenvalue weighted by Crippen LogP contribution is 2.26. The monoisotopic (exact) mass is 416 g/mol. The molecule has 4 nitrogen and oxygen atoms in total. The summed E-state index contributed by atoms with van der Waals surface area (Å²) in [6.45, 7) is 4.15. The highest BCUT2D eigenvalue weighted by atomic mass is 79.9. The van der Waals surface area contributed by atoms with Crippen LogP contribution in [0.25, 0.3) is 0 Å². The lowest BCUT2D eigenvalue weighted by molar-refractivity contribution is -0.123. The number of rotatable bonds is 9. The minimum atomic E-state index is -0.276. The van der Waals surface area contributed by atoms with Crippen molar-refractivity contribution in [2.75, 3.05) is 6.61 Å². The van der Waals surface area contributed by atoms with Crippen LogP contribution in [0.1, 0.15) is 44.2 Å². The molecule has 0 radical (unpaired) electrons. The highest BCUT2D eigenvalue weighted by Gasteiger charge is 2.08. The van der Waals surface area contributed by atoms with Crippen LogP contribution in [0.2, 0.25) is 0 Å². The van der Waals surface area contributed by atoms with Crippen LogP contribution in [-0.2, 0) is 11.2 Å². The third-order valence-corrected chi connectivity index (χ3v) is 4.57. The summed E-state index contributed by atoms with van der Waals surface area (Å²) in [5.41, 5.74) is 5.73. The molecule has 0 aromatic heterocycles. The Bertz CT molecular complexity index is 745. The molecule has 5 heteroatoms. The Morgan fingerprint density at radius 3 is 2.58 bits per heavy atom. The van der Waals surface area contributed by atoms with Gasteiger partial charge in [0.25, 0.3) is 5.91 Å². The third-order valence-electron chi connectivity index (χ3n) is 3.95. The van der Waals surface area contributed by atoms with Gasteiger partial charge in [0.05, 0.1) is 10.2 Å². The maximum absolute atomic E-state index is 12.1. The van der Waals surface area contributed by atoms with E-state index < -0.39 is 0 Å². The van der Waals surface area contributed by atoms with E-state index in [-0.39, 0.29) is 12.5 Å². The van der Waals surface area contributed by atoms with Gasteiger partial charge in [0.15, 0.2) is 6.61 Å². The number of amides is 1. The van der Waals surface area contributed by atoms with E-state index in [1.807, 2.05) is 48.5 Å². The fourth-order valence-electron chi connectivity index (χ4n) is 2.43. The van der Waals surface area contributed by atoms with Crippen LogP contribution < -0.4 is 10.2 Å². The fourth-order valence-corrected chi connectivity index (χ4v) is 2.97. The first-order valence-corrected chi connectivity index (χ1v) is 9.75. The molecule has 0 aliphatic rings. The van der Waals surface area contributed by atoms with Gasteiger partial charge in [-0.15, -0.1) is 0 Å². The predicted molar refractivity (Wildman–Crippen MR) is 110 cm³/mol. The van der Waals surface area contributed by atoms with E-state index in [4.69, 9.17) is 4.74 Å². The maximum Gasteiger partial charge on any atom is 0.277 e. The number of benzene rings is 2. The van der Waals surface area contributed by atoms with Crippen molar-refractivity contribution in [2.24, 2.45) is 5.10 Å². The summed E-state index contributed by atoms with van der Waals surface area (Å²) in [4.78, 5) is 12.1. The smallest absolute Gasteiger partial charge is 0.277 e. The fraction of sp³-hybridized carbons (Fsp3) is 0.333. The number of halogens is 1. The first-order chi connectivity index (χ1) is 12.6. The Morgan fingerprint density at radius 2 is 1.92 bits per heavy atom. The van der Waals surface area contributed by atoms with Crippen LogP contribution in [0.4, 0.5) is 0 Å². The second-order valence-electron chi connectivity index (χ2n) is 5.97. The Morgan fingerprint density at radius 1 is 1.15 bits per heavy atom. The van der Waals surface area contributed by atoms with Crippen molar-refractivity contribution < 1.29 is 9.53 Å². The van der Waals surface area contributed by atoms with Gasteiger partial charge in [0.2, 0.25) is 0 Å². The first-order valence-electron chi connectivity index (χ1n) is 8.96. The van der Waals surface area contributed by atoms with Gasteiger partial charge >= 0.3 is 0 Å². The van der Waals surface area contributed by atoms with Gasteiger partial charge in [-0.05, 0) is 58.5 Å². The highest BCUT2D eigenvalue weighted by molar-refractivity contribution is 9.10. The molecule has 0 bridgehead atoms. The van der Waals surface area contributed by atoms with Gasteiger partial charge in [0, 0.05) is 0 Å². The van der Waals surface area contributed by atoms with Crippen LogP contribution in [0.5, 0.6) is 5.75 Å². The summed E-state index contributed by atoms with van der Waals surface area (Å²) in [7, 11) is 0. The van der Waals surface area contributed by atoms with E-state index in [2.05, 4.69) is 40.3 Å². The van der Waals surface area contributed by atoms with Crippen LogP contribution in [-0.4, -0.2) is 18.2 Å². The Balaban J connectivity index is 1.95. The Kier molecular flexibility index (Phi) is 8.35. The number of hydrogen-bond donors (Lipinski definition) is 1. The molecule has 0 saturated carbocycles. The molecule has 0 unspecified atom stereocenters. The van der Waals surface area contributed by atoms with Crippen molar-refractivity contribution in [3.05, 3.63) is 64.1 Å². The molecule has 0 saturated heterocycles. The van der Waals surface area contributed by atoms with Crippen molar-refractivity contribution in [3.63, 3.8) is 0 Å². The summed E-state index contributed by atoms with van der Waals surface area (Å²) < 4.78 is 6.44. The number of nitrogens with one attached hydrogen (secondary N) is 1. The number of nitrogens with zero attached hydrogens (tertiary/aromatic N) is 1. The minimum absolute atomic E-state index is 0.0799. The average molecular weight is 417 g/mol. The van der Waals surface area contributed by atoms with E-state index in [9.17, 15) is 4.79 Å². The number of hydrazone groups is 1. The second-order valence-corrected chi connectivity index (χ2v) is 6.82. The molecule has 2 aromatic carbocycles. The van der Waals surface area contributed by atoms with E-state index in [0.29, 0.717) is 5.75 Å². The van der Waals surface area contributed by atoms with E-state index in [0.717, 1.165) is 41.4 Å². The normalized spacial score (nSPS) is 11.3. The lowest BCUT2D eigenvalue weighted by Gasteiger charge is -2.10. The van der Waals surface area contributed by atoms with Gasteiger partial charge in [-0.25, -0.2) is 5.43 Å². The van der Waals surface area contributed by atoms with E-state index in [1.165, 1.54) is 5.56 Å². The average Bonchev–Trinajstić information content (AvgIpc) is 2.67. The van der Waals surface area contributed by atoms with Gasteiger partial charge in [0.1, 0.15) is 5.75 Å². The van der Waals surface area contributed by atoms with Crippen molar-refractivity contribution in [2.45, 2.75) is 39.5 Å². The number of hydrogen-bond acceptors (Lipinski definition) is 3. The van der Waals surface area contributed by atoms with Crippen LogP contribution in [0, 0.1) is 0 Å². The quantitative estimate of drug-likeness (QED) is 0.456. The lowest BCUT2D eigenvalue weighted by Crippen LogP contribution is -2.26. The SMILES string of the molecule is CCCC/C(=N\NC(=O)COc1ccc(CC)cc1Br)c1ccccc1. The standard InChI is InChI=1S/C21H25BrN2O2/c1-3-5-11-19(17-9-7-6-8-10-17)23-24-21(25)15-26-20-13-12-16(4-2)14-18(20)22/h6-10,12-14H,3-5,11,15H2,1-2H3,(H,24,25)/b23-19+. The molecule has 2 rings (SSSR count). The van der Waals surface area contributed by atoms with Crippen molar-refractivity contribution in [1.82, 2.24) is 5.43 Å². The molecule has 0 spiro atoms. The third kappa shape index (κ3) is 6.30. The molecule has 2 aromatic rings. The predicted octanol–water partition coefficient (Wildman–Crippen LogP) is 5.10. The minimum Gasteiger partial charge on any atom is -0.483 e. The number of carbonyl (C=O) groups is 1. The Hall–Kier alpha value is -2.14. The van der Waals surface area contributed by atoms with Crippen molar-refractivity contribution in [3.8, 4) is 5.75 Å². The molecule has 0 aliphatic heterocycles. The molecule has 0 aliphatic carbocycles. The zero-order valence-corrected chi connectivity index (χ0v) is 16.9. The summed E-state index contributed by atoms with van der Waals surface area (Å²) in [6, 6.07) is 15.8. The van der Waals surface area contributed by atoms with Crippen LogP contribution in [0.3, 0.4) is 0 Å².